The smallest absolute Gasteiger partial charge is 0.305 e. The molecule has 7 amide bonds. The second-order valence-corrected chi connectivity index (χ2v) is 36.7. The number of pyridine rings is 1. The lowest BCUT2D eigenvalue weighted by atomic mass is 9.87. The zero-order chi connectivity index (χ0) is 93.5. The van der Waals surface area contributed by atoms with Gasteiger partial charge in [0.25, 0.3) is 0 Å². The lowest BCUT2D eigenvalue weighted by Crippen LogP contribution is -2.49. The number of aryl methyl sites for hydroxylation is 3. The highest BCUT2D eigenvalue weighted by Crippen LogP contribution is 2.59. The Balaban J connectivity index is 1.08. The molecule has 3 aromatic carbocycles. The average molecular weight is 1820 g/mol. The Kier molecular flexibility index (Phi) is 36.4. The summed E-state index contributed by atoms with van der Waals surface area (Å²) in [5, 5.41) is 22.5. The number of benzene rings is 3. The zero-order valence-electron chi connectivity index (χ0n) is 75.9. The number of nitrogens with zero attached hydrogens (tertiary/aromatic N) is 6. The van der Waals surface area contributed by atoms with E-state index < -0.39 is 155 Å². The van der Waals surface area contributed by atoms with Crippen molar-refractivity contribution < 1.29 is 90.9 Å². The minimum atomic E-state index is -1.47. The average Bonchev–Trinajstić information content (AvgIpc) is 1.53. The quantitative estimate of drug-likeness (QED) is 0.00894. The van der Waals surface area contributed by atoms with Crippen LogP contribution < -0.4 is 41.4 Å². The van der Waals surface area contributed by atoms with Crippen LogP contribution in [0, 0.1) is 49.9 Å². The maximum Gasteiger partial charge on any atom is 0.305 e. The molecule has 3 aromatic heterocycles. The fourth-order valence-electron chi connectivity index (χ4n) is 15.9. The van der Waals surface area contributed by atoms with E-state index in [1.165, 1.54) is 51.3 Å². The van der Waals surface area contributed by atoms with E-state index in [-0.39, 0.29) is 156 Å². The van der Waals surface area contributed by atoms with Crippen molar-refractivity contribution in [3.63, 3.8) is 0 Å². The van der Waals surface area contributed by atoms with Crippen molar-refractivity contribution in [2.75, 3.05) is 25.5 Å². The largest absolute Gasteiger partial charge is 0.488 e. The van der Waals surface area contributed by atoms with Crippen LogP contribution in [-0.2, 0) is 96.0 Å². The lowest BCUT2D eigenvalue weighted by Gasteiger charge is -2.27. The van der Waals surface area contributed by atoms with Crippen LogP contribution in [0.2, 0.25) is 0 Å². The van der Waals surface area contributed by atoms with Gasteiger partial charge in [-0.25, -0.2) is 15.0 Å². The van der Waals surface area contributed by atoms with Gasteiger partial charge in [0.15, 0.2) is 23.1 Å². The maximum atomic E-state index is 15.5. The van der Waals surface area contributed by atoms with Crippen LogP contribution in [0.1, 0.15) is 237 Å². The molecular weight excluding hydrogens is 1690 g/mol. The van der Waals surface area contributed by atoms with E-state index in [2.05, 4.69) is 62.8 Å². The number of halogens is 1. The second kappa shape index (κ2) is 45.8. The van der Waals surface area contributed by atoms with Crippen molar-refractivity contribution in [2.24, 2.45) is 29.1 Å². The minimum Gasteiger partial charge on any atom is -0.488 e. The van der Waals surface area contributed by atoms with Crippen LogP contribution in [0.4, 0.5) is 5.82 Å². The Labute approximate surface area is 750 Å². The van der Waals surface area contributed by atoms with E-state index in [0.29, 0.717) is 79.1 Å². The highest BCUT2D eigenvalue weighted by Gasteiger charge is 2.67. The molecule has 1 saturated heterocycles. The number of fused-ring (bicyclic) bond motifs is 2. The number of piperidine rings is 1. The molecule has 2 aliphatic rings. The number of esters is 1. The minimum absolute atomic E-state index is 0.0105. The number of methoxy groups -OCH3 is 1. The van der Waals surface area contributed by atoms with Gasteiger partial charge in [-0.2, -0.15) is 5.10 Å². The summed E-state index contributed by atoms with van der Waals surface area (Å²) >= 11 is 3.39. The number of unbranched alkanes of at least 4 members (excludes halogenated alkanes) is 1. The van der Waals surface area contributed by atoms with E-state index in [9.17, 15) is 43.2 Å². The normalized spacial score (nSPS) is 16.3. The van der Waals surface area contributed by atoms with Gasteiger partial charge in [0.1, 0.15) is 80.4 Å². The number of carbonyl (C=O) groups excluding carboxylic acids is 16. The number of rotatable bonds is 50. The molecular formula is C95H123BrN12O19. The van der Waals surface area contributed by atoms with Gasteiger partial charge in [0, 0.05) is 136 Å². The van der Waals surface area contributed by atoms with E-state index in [1.54, 1.807) is 99.9 Å². The van der Waals surface area contributed by atoms with E-state index in [1.807, 2.05) is 54.5 Å². The molecule has 684 valence electrons. The molecule has 0 spiro atoms. The molecule has 6 N–H and O–H groups in total. The number of carbonyl (C=O) groups is 16. The first-order chi connectivity index (χ1) is 59.8. The first-order valence-electron chi connectivity index (χ1n) is 43.5. The molecule has 8 rings (SSSR count). The van der Waals surface area contributed by atoms with Gasteiger partial charge in [-0.05, 0) is 247 Å². The first-order valence-corrected chi connectivity index (χ1v) is 44.3. The molecule has 6 aromatic rings. The summed E-state index contributed by atoms with van der Waals surface area (Å²) in [4.78, 5) is 240. The molecule has 0 bridgehead atoms. The summed E-state index contributed by atoms with van der Waals surface area (Å²) in [6.07, 6.45) is 0.622. The van der Waals surface area contributed by atoms with E-state index in [4.69, 9.17) is 19.3 Å². The SMILES string of the molecule is CCC(=O)NCCCC[C@H](NC(=O)[C@H](CCC(C)=O)CC(=O)[C@H](Cc1ccc(OC(C)(C)C)cc1)NC(=O)[C@H](CCC(C)=O)CC(C)=O)C(=O)C[C@@H](CCC(C)=O)C(=O)N[C@@H](Cc1ccc(OC(C)(C)C)cc1)C(=O)C[C@@H](CCC(=O)OC)C(=O)NC[C@@]12C[C@@H](C(=O)Nc3nc(Br)ccc3C)N(C(=O)Cn3nc(C(C)=O)c4cc(-c5cnc(C)nc5)cc(C)c43)[C@@H]1C2. The topological polar surface area (TPSA) is 433 Å². The van der Waals surface area contributed by atoms with Crippen LogP contribution in [0.25, 0.3) is 22.0 Å². The number of ether oxygens (including phenoxy) is 3. The van der Waals surface area contributed by atoms with Crippen LogP contribution in [0.15, 0.2) is 89.8 Å². The van der Waals surface area contributed by atoms with Gasteiger partial charge in [-0.1, -0.05) is 37.3 Å². The summed E-state index contributed by atoms with van der Waals surface area (Å²) < 4.78 is 19.1. The van der Waals surface area contributed by atoms with Gasteiger partial charge in [0.2, 0.25) is 41.4 Å². The van der Waals surface area contributed by atoms with Crippen molar-refractivity contribution in [3.8, 4) is 22.6 Å². The van der Waals surface area contributed by atoms with Gasteiger partial charge in [-0.3, -0.25) is 62.2 Å². The summed E-state index contributed by atoms with van der Waals surface area (Å²) in [5.41, 5.74) is 2.35. The number of likely N-dealkylation sites (tertiary alicyclic amines) is 1. The Hall–Kier alpha value is -11.4. The third-order valence-corrected chi connectivity index (χ3v) is 23.2. The monoisotopic (exact) mass is 1810 g/mol. The zero-order valence-corrected chi connectivity index (χ0v) is 77.4. The molecule has 31 nitrogen and oxygen atoms in total. The van der Waals surface area contributed by atoms with Gasteiger partial charge < -0.3 is 70.2 Å². The molecule has 0 radical (unpaired) electrons. The highest BCUT2D eigenvalue weighted by atomic mass is 79.9. The standard InChI is InChI=1S/C95H123BrN12O19/c1-17-82(117)97-39-19-18-20-73(101-90(122)67(31-24-58(6)111)47-79(116)75(43-63-27-35-71(36-28-63)127-94(13,14)15)102-89(121)64(41-59(7)112)29-22-56(4)109)77(114)46-66(30-23-57(5)110)91(123)103-74(42-62-25-33-70(34-26-62)126-93(10,11)12)78(115)45-65(32-38-84(119)125-16)88(120)100-53-95-48-76(92(124)105-87-54(2)21-37-81(96)104-87)108(80(95)49-95)83(118)52-107-86-55(3)40-68(69-50-98-61(9)99-51-69)44-72(86)85(106-107)60(8)113/h21,25-28,33-37,40,44,50-51,64-67,73-76,80H,17-20,22-24,29-32,38-39,41-43,45-49,52-53H2,1-16H3,(H,97,117)(H,100,120)(H,101,122)(H,102,121)(H,103,123)(H,104,105,124)/t64-,65-,66-,67-,73+,74+,75+,76+,80-,95+/m1/s1. The third-order valence-electron chi connectivity index (χ3n) is 22.8. The van der Waals surface area contributed by atoms with Crippen LogP contribution in [0.3, 0.4) is 0 Å². The summed E-state index contributed by atoms with van der Waals surface area (Å²) in [6, 6.07) is 14.8. The van der Waals surface area contributed by atoms with Crippen LogP contribution in [-0.4, -0.2) is 185 Å². The predicted molar refractivity (Wildman–Crippen MR) is 478 cm³/mol. The molecule has 0 unspecified atom stereocenters. The number of anilines is 1. The molecule has 127 heavy (non-hydrogen) atoms. The fraction of sp³-hybridized carbons (Fsp3) is 0.537. The van der Waals surface area contributed by atoms with Crippen LogP contribution in [0.5, 0.6) is 11.5 Å². The first kappa shape index (κ1) is 101. The number of ketones is 8. The van der Waals surface area contributed by atoms with Gasteiger partial charge in [0.05, 0.1) is 30.8 Å². The number of hydrogen-bond acceptors (Lipinski definition) is 23. The van der Waals surface area contributed by atoms with Crippen molar-refractivity contribution in [1.29, 1.82) is 0 Å². The Morgan fingerprint density at radius 1 is 0.551 bits per heavy atom. The molecule has 1 aliphatic heterocycles. The number of nitrogens with one attached hydrogen (secondary N) is 6. The van der Waals surface area contributed by atoms with E-state index in [0.717, 1.165) is 0 Å². The van der Waals surface area contributed by atoms with Crippen molar-refractivity contribution in [3.05, 3.63) is 124 Å². The van der Waals surface area contributed by atoms with E-state index >= 15 is 33.6 Å². The number of hydrogen-bond donors (Lipinski definition) is 6. The Morgan fingerprint density at radius 3 is 1.52 bits per heavy atom. The van der Waals surface area contributed by atoms with Crippen molar-refractivity contribution in [1.82, 2.24) is 56.2 Å². The van der Waals surface area contributed by atoms with Crippen LogP contribution >= 0.6 is 15.9 Å². The van der Waals surface area contributed by atoms with Crippen molar-refractivity contribution >= 4 is 126 Å². The lowest BCUT2D eigenvalue weighted by molar-refractivity contribution is -0.141. The van der Waals surface area contributed by atoms with Gasteiger partial charge in [-0.15, -0.1) is 0 Å². The number of amides is 7. The maximum absolute atomic E-state index is 15.5. The Morgan fingerprint density at radius 2 is 1.04 bits per heavy atom. The van der Waals surface area contributed by atoms with Gasteiger partial charge >= 0.3 is 5.97 Å². The summed E-state index contributed by atoms with van der Waals surface area (Å²) in [5.74, 6) is -11.8. The second-order valence-electron chi connectivity index (χ2n) is 35.9. The molecule has 1 saturated carbocycles. The molecule has 32 heteroatoms. The highest BCUT2D eigenvalue weighted by molar-refractivity contribution is 9.10. The summed E-state index contributed by atoms with van der Waals surface area (Å²) in [6.45, 7) is 24.6. The molecule has 2 fully saturated rings. The number of aromatic nitrogens is 5. The fourth-order valence-corrected chi connectivity index (χ4v) is 16.2. The predicted octanol–water partition coefficient (Wildman–Crippen LogP) is 11.3. The molecule has 1 aliphatic carbocycles. The molecule has 4 heterocycles. The summed E-state index contributed by atoms with van der Waals surface area (Å²) in [7, 11) is 1.17. The molecule has 10 atom stereocenters. The Bertz CT molecular complexity index is 5050. The van der Waals surface area contributed by atoms with Crippen molar-refractivity contribution in [2.45, 2.75) is 280 Å². The third kappa shape index (κ3) is 30.7. The number of Topliss-reactive ketones (excluding diaryl/α,β-unsaturated/α-hetero) is 8.